The molecule has 3 N–H and O–H groups in total. The first-order valence-corrected chi connectivity index (χ1v) is 5.76. The number of carbonyl (C=O) groups excluding carboxylic acids is 2. The van der Waals surface area contributed by atoms with E-state index in [0.29, 0.717) is 13.0 Å². The monoisotopic (exact) mass is 268 g/mol. The van der Waals surface area contributed by atoms with Crippen LogP contribution in [-0.2, 0) is 9.59 Å². The summed E-state index contributed by atoms with van der Waals surface area (Å²) in [6.45, 7) is 0.336. The molecule has 0 saturated carbocycles. The number of aliphatic hydroxyl groups excluding tert-OH is 1. The molecule has 0 bridgehead atoms. The molecule has 19 heavy (non-hydrogen) atoms. The Balaban J connectivity index is 1.93. The number of halogens is 1. The number of benzene rings is 1. The van der Waals surface area contributed by atoms with Gasteiger partial charge in [-0.1, -0.05) is 0 Å². The highest BCUT2D eigenvalue weighted by atomic mass is 19.1. The van der Waals surface area contributed by atoms with Gasteiger partial charge in [0, 0.05) is 6.54 Å². The Morgan fingerprint density at radius 3 is 2.74 bits per heavy atom. The minimum Gasteiger partial charge on any atom is -0.392 e. The third kappa shape index (κ3) is 3.19. The van der Waals surface area contributed by atoms with Crippen LogP contribution < -0.4 is 15.6 Å². The first-order valence-electron chi connectivity index (χ1n) is 5.76. The number of hydrogen-bond donors (Lipinski definition) is 3. The van der Waals surface area contributed by atoms with E-state index in [1.807, 2.05) is 0 Å². The van der Waals surface area contributed by atoms with Crippen molar-refractivity contribution in [2.45, 2.75) is 12.5 Å². The molecule has 2 unspecified atom stereocenters. The van der Waals surface area contributed by atoms with E-state index in [9.17, 15) is 19.1 Å². The number of piperidine rings is 1. The van der Waals surface area contributed by atoms with Crippen LogP contribution in [0.25, 0.3) is 0 Å². The molecule has 0 aliphatic carbocycles. The molecule has 1 saturated heterocycles. The Kier molecular flexibility index (Phi) is 3.96. The molecule has 1 aliphatic heterocycles. The highest BCUT2D eigenvalue weighted by molar-refractivity contribution is 6.01. The van der Waals surface area contributed by atoms with Crippen LogP contribution in [0, 0.1) is 11.7 Å². The lowest BCUT2D eigenvalue weighted by Gasteiger charge is -2.25. The number of aliphatic hydroxyl groups is 1. The predicted molar refractivity (Wildman–Crippen MR) is 62.3 cm³/mol. The standard InChI is InChI=1S/C12H13FN2O4/c13-7-1-3-8(4-2-7)19-15-12(18)10-9(16)5-6-14-11(10)17/h1-4,9-10,16H,5-6H2,(H,14,17)(H,15,18). The van der Waals surface area contributed by atoms with Crippen molar-refractivity contribution >= 4 is 11.8 Å². The Morgan fingerprint density at radius 1 is 1.42 bits per heavy atom. The maximum atomic E-state index is 12.6. The van der Waals surface area contributed by atoms with Crippen LogP contribution in [0.3, 0.4) is 0 Å². The minimum atomic E-state index is -1.20. The molecule has 0 spiro atoms. The maximum absolute atomic E-state index is 12.6. The van der Waals surface area contributed by atoms with Crippen LogP contribution in [0.1, 0.15) is 6.42 Å². The summed E-state index contributed by atoms with van der Waals surface area (Å²) in [5.74, 6) is -2.69. The molecule has 6 nitrogen and oxygen atoms in total. The summed E-state index contributed by atoms with van der Waals surface area (Å²) in [6, 6.07) is 4.99. The third-order valence-electron chi connectivity index (χ3n) is 2.77. The van der Waals surface area contributed by atoms with Crippen molar-refractivity contribution in [3.8, 4) is 5.75 Å². The van der Waals surface area contributed by atoms with Gasteiger partial charge in [0.25, 0.3) is 5.91 Å². The van der Waals surface area contributed by atoms with E-state index in [1.54, 1.807) is 0 Å². The first kappa shape index (κ1) is 13.3. The summed E-state index contributed by atoms with van der Waals surface area (Å²) in [4.78, 5) is 28.1. The van der Waals surface area contributed by atoms with E-state index in [1.165, 1.54) is 24.3 Å². The fourth-order valence-electron chi connectivity index (χ4n) is 1.76. The van der Waals surface area contributed by atoms with E-state index < -0.39 is 29.7 Å². The molecular weight excluding hydrogens is 255 g/mol. The summed E-state index contributed by atoms with van der Waals surface area (Å²) >= 11 is 0. The zero-order valence-corrected chi connectivity index (χ0v) is 9.93. The first-order chi connectivity index (χ1) is 9.08. The lowest BCUT2D eigenvalue weighted by atomic mass is 9.95. The van der Waals surface area contributed by atoms with Crippen molar-refractivity contribution in [1.29, 1.82) is 0 Å². The molecule has 1 fully saturated rings. The van der Waals surface area contributed by atoms with Gasteiger partial charge < -0.3 is 15.3 Å². The molecule has 1 aromatic rings. The van der Waals surface area contributed by atoms with Gasteiger partial charge in [-0.15, -0.1) is 0 Å². The number of hydroxylamine groups is 1. The highest BCUT2D eigenvalue weighted by Crippen LogP contribution is 2.14. The second kappa shape index (κ2) is 5.66. The molecule has 1 aromatic carbocycles. The van der Waals surface area contributed by atoms with Gasteiger partial charge in [0.15, 0.2) is 5.75 Å². The molecule has 2 amide bonds. The Morgan fingerprint density at radius 2 is 2.11 bits per heavy atom. The molecule has 2 atom stereocenters. The van der Waals surface area contributed by atoms with Crippen LogP contribution in [0.5, 0.6) is 5.75 Å². The van der Waals surface area contributed by atoms with Crippen molar-refractivity contribution in [3.63, 3.8) is 0 Å². The molecular formula is C12H13FN2O4. The summed E-state index contributed by atoms with van der Waals surface area (Å²) in [5, 5.41) is 12.1. The van der Waals surface area contributed by atoms with Gasteiger partial charge in [0.1, 0.15) is 11.7 Å². The third-order valence-corrected chi connectivity index (χ3v) is 2.77. The number of hydrogen-bond acceptors (Lipinski definition) is 4. The normalized spacial score (nSPS) is 22.5. The van der Waals surface area contributed by atoms with Gasteiger partial charge in [-0.3, -0.25) is 9.59 Å². The van der Waals surface area contributed by atoms with Crippen LogP contribution in [0.2, 0.25) is 0 Å². The van der Waals surface area contributed by atoms with E-state index in [2.05, 4.69) is 10.8 Å². The lowest BCUT2D eigenvalue weighted by molar-refractivity contribution is -0.146. The van der Waals surface area contributed by atoms with Crippen molar-refractivity contribution in [2.24, 2.45) is 5.92 Å². The van der Waals surface area contributed by atoms with Crippen molar-refractivity contribution < 1.29 is 23.9 Å². The quantitative estimate of drug-likeness (QED) is 0.520. The molecule has 1 heterocycles. The van der Waals surface area contributed by atoms with Crippen molar-refractivity contribution in [2.75, 3.05) is 6.54 Å². The Bertz CT molecular complexity index is 477. The number of nitrogens with one attached hydrogen (secondary N) is 2. The fraction of sp³-hybridized carbons (Fsp3) is 0.333. The van der Waals surface area contributed by atoms with Crippen LogP contribution in [-0.4, -0.2) is 29.6 Å². The van der Waals surface area contributed by atoms with Crippen LogP contribution in [0.15, 0.2) is 24.3 Å². The number of rotatable bonds is 3. The van der Waals surface area contributed by atoms with Crippen LogP contribution >= 0.6 is 0 Å². The fourth-order valence-corrected chi connectivity index (χ4v) is 1.76. The van der Waals surface area contributed by atoms with E-state index >= 15 is 0 Å². The average molecular weight is 268 g/mol. The van der Waals surface area contributed by atoms with Gasteiger partial charge in [-0.25, -0.2) is 4.39 Å². The minimum absolute atomic E-state index is 0.223. The van der Waals surface area contributed by atoms with Crippen molar-refractivity contribution in [3.05, 3.63) is 30.1 Å². The average Bonchev–Trinajstić information content (AvgIpc) is 2.38. The van der Waals surface area contributed by atoms with Gasteiger partial charge in [-0.05, 0) is 30.7 Å². The highest BCUT2D eigenvalue weighted by Gasteiger charge is 2.37. The SMILES string of the molecule is O=C1NCCC(O)C1C(=O)NOc1ccc(F)cc1. The molecule has 102 valence electrons. The molecule has 1 aliphatic rings. The molecule has 0 aromatic heterocycles. The number of amides is 2. The molecule has 2 rings (SSSR count). The smallest absolute Gasteiger partial charge is 0.267 e. The summed E-state index contributed by atoms with van der Waals surface area (Å²) in [5.41, 5.74) is 2.07. The second-order valence-corrected chi connectivity index (χ2v) is 4.15. The van der Waals surface area contributed by atoms with Crippen LogP contribution in [0.4, 0.5) is 4.39 Å². The van der Waals surface area contributed by atoms with E-state index in [0.717, 1.165) is 0 Å². The molecule has 0 radical (unpaired) electrons. The van der Waals surface area contributed by atoms with Gasteiger partial charge in [-0.2, -0.15) is 5.48 Å². The lowest BCUT2D eigenvalue weighted by Crippen LogP contribution is -2.52. The largest absolute Gasteiger partial charge is 0.392 e. The zero-order chi connectivity index (χ0) is 13.8. The molecule has 7 heteroatoms. The Labute approximate surface area is 108 Å². The number of carbonyl (C=O) groups is 2. The summed E-state index contributed by atoms with van der Waals surface area (Å²) < 4.78 is 12.6. The zero-order valence-electron chi connectivity index (χ0n) is 9.93. The topological polar surface area (TPSA) is 87.7 Å². The van der Waals surface area contributed by atoms with E-state index in [4.69, 9.17) is 4.84 Å². The summed E-state index contributed by atoms with van der Waals surface area (Å²) in [6.07, 6.45) is -0.731. The van der Waals surface area contributed by atoms with E-state index in [-0.39, 0.29) is 5.75 Å². The maximum Gasteiger partial charge on any atom is 0.267 e. The van der Waals surface area contributed by atoms with Crippen molar-refractivity contribution in [1.82, 2.24) is 10.8 Å². The van der Waals surface area contributed by atoms with Gasteiger partial charge in [0.2, 0.25) is 5.91 Å². The second-order valence-electron chi connectivity index (χ2n) is 4.15. The van der Waals surface area contributed by atoms with Gasteiger partial charge >= 0.3 is 0 Å². The predicted octanol–water partition coefficient (Wildman–Crippen LogP) is -0.267. The van der Waals surface area contributed by atoms with Gasteiger partial charge in [0.05, 0.1) is 6.10 Å². The Hall–Kier alpha value is -2.15. The summed E-state index contributed by atoms with van der Waals surface area (Å²) in [7, 11) is 0.